The van der Waals surface area contributed by atoms with Crippen LogP contribution >= 0.6 is 0 Å². The summed E-state index contributed by atoms with van der Waals surface area (Å²) in [5.74, 6) is -7.09. The Balaban J connectivity index is 2.00. The van der Waals surface area contributed by atoms with E-state index in [0.29, 0.717) is 10.7 Å². The molecule has 5 nitrogen and oxygen atoms in total. The predicted octanol–water partition coefficient (Wildman–Crippen LogP) is 1.32. The molecular weight excluding hydrogens is 299 g/mol. The van der Waals surface area contributed by atoms with Crippen molar-refractivity contribution in [3.63, 3.8) is 0 Å². The summed E-state index contributed by atoms with van der Waals surface area (Å²) in [5.41, 5.74) is 0. The Labute approximate surface area is 116 Å². The highest BCUT2D eigenvalue weighted by Gasteiger charge is 2.64. The maximum absolute atomic E-state index is 13.0. The zero-order chi connectivity index (χ0) is 15.7. The Morgan fingerprint density at radius 1 is 1.05 bits per heavy atom. The lowest BCUT2D eigenvalue weighted by atomic mass is 10.2. The van der Waals surface area contributed by atoms with E-state index < -0.39 is 18.0 Å². The lowest BCUT2D eigenvalue weighted by Crippen LogP contribution is -2.57. The molecule has 0 atom stereocenters. The van der Waals surface area contributed by atoms with Crippen LogP contribution in [0.3, 0.4) is 0 Å². The molecule has 0 unspecified atom stereocenters. The summed E-state index contributed by atoms with van der Waals surface area (Å²) >= 11 is 0. The number of nitrogens with zero attached hydrogens (tertiary/aromatic N) is 4. The summed E-state index contributed by atoms with van der Waals surface area (Å²) in [4.78, 5) is 21.3. The number of alkyl halides is 5. The zero-order valence-corrected chi connectivity index (χ0v) is 10.6. The molecule has 1 amide bonds. The van der Waals surface area contributed by atoms with Crippen molar-refractivity contribution < 1.29 is 26.7 Å². The van der Waals surface area contributed by atoms with Crippen LogP contribution in [0.5, 0.6) is 0 Å². The summed E-state index contributed by atoms with van der Waals surface area (Å²) in [6.45, 7) is -0.251. The lowest BCUT2D eigenvalue weighted by Gasteiger charge is -2.36. The molecule has 1 aliphatic heterocycles. The van der Waals surface area contributed by atoms with Crippen molar-refractivity contribution >= 4 is 11.7 Å². The quantitative estimate of drug-likeness (QED) is 0.773. The maximum atomic E-state index is 13.0. The fourth-order valence-corrected chi connectivity index (χ4v) is 1.91. The van der Waals surface area contributed by atoms with Gasteiger partial charge in [-0.15, -0.1) is 0 Å². The fraction of sp³-hybridized carbons (Fsp3) is 0.545. The zero-order valence-electron chi connectivity index (χ0n) is 10.6. The Kier molecular flexibility index (Phi) is 3.97. The average molecular weight is 310 g/mol. The van der Waals surface area contributed by atoms with E-state index in [1.165, 1.54) is 18.6 Å². The summed E-state index contributed by atoms with van der Waals surface area (Å²) < 4.78 is 62.4. The summed E-state index contributed by atoms with van der Waals surface area (Å²) in [5, 5.41) is 0. The first-order chi connectivity index (χ1) is 9.73. The maximum Gasteiger partial charge on any atom is 0.463 e. The molecule has 1 fully saturated rings. The standard InChI is InChI=1S/C11H11F5N4O/c12-10(13,11(14,15)16)9(21)20-5-3-19(4-6-20)8-7-17-1-2-18-8/h1-2,7H,3-6H2. The van der Waals surface area contributed by atoms with Crippen molar-refractivity contribution in [3.8, 4) is 0 Å². The van der Waals surface area contributed by atoms with E-state index in [-0.39, 0.29) is 26.2 Å². The SMILES string of the molecule is O=C(N1CCN(c2cnccn2)CC1)C(F)(F)C(F)(F)F. The number of hydrogen-bond acceptors (Lipinski definition) is 4. The largest absolute Gasteiger partial charge is 0.463 e. The van der Waals surface area contributed by atoms with E-state index in [0.717, 1.165) is 0 Å². The fourth-order valence-electron chi connectivity index (χ4n) is 1.91. The monoisotopic (exact) mass is 310 g/mol. The Morgan fingerprint density at radius 2 is 1.67 bits per heavy atom. The molecule has 1 aromatic rings. The molecular formula is C11H11F5N4O. The number of carbonyl (C=O) groups is 1. The molecule has 116 valence electrons. The third kappa shape index (κ3) is 3.03. The molecule has 0 radical (unpaired) electrons. The number of piperazine rings is 1. The van der Waals surface area contributed by atoms with Crippen LogP contribution in [-0.2, 0) is 4.79 Å². The number of anilines is 1. The first-order valence-electron chi connectivity index (χ1n) is 5.98. The third-order valence-corrected chi connectivity index (χ3v) is 3.07. The average Bonchev–Trinajstić information content (AvgIpc) is 2.46. The summed E-state index contributed by atoms with van der Waals surface area (Å²) in [6, 6.07) is 0. The van der Waals surface area contributed by atoms with Gasteiger partial charge in [-0.1, -0.05) is 0 Å². The van der Waals surface area contributed by atoms with Gasteiger partial charge in [-0.05, 0) is 0 Å². The van der Waals surface area contributed by atoms with Crippen LogP contribution in [0.25, 0.3) is 0 Å². The topological polar surface area (TPSA) is 49.3 Å². The number of halogens is 5. The van der Waals surface area contributed by atoms with Gasteiger partial charge in [0.1, 0.15) is 5.82 Å². The van der Waals surface area contributed by atoms with Gasteiger partial charge in [0.25, 0.3) is 0 Å². The second-order valence-corrected chi connectivity index (χ2v) is 4.42. The van der Waals surface area contributed by atoms with Crippen LogP contribution < -0.4 is 4.90 Å². The van der Waals surface area contributed by atoms with Crippen LogP contribution in [-0.4, -0.2) is 59.1 Å². The number of hydrogen-bond donors (Lipinski definition) is 0. The van der Waals surface area contributed by atoms with E-state index in [4.69, 9.17) is 0 Å². The highest BCUT2D eigenvalue weighted by molar-refractivity contribution is 5.84. The van der Waals surface area contributed by atoms with Crippen LogP contribution in [0.1, 0.15) is 0 Å². The molecule has 0 aromatic carbocycles. The molecule has 1 saturated heterocycles. The minimum absolute atomic E-state index is 0.109. The van der Waals surface area contributed by atoms with Gasteiger partial charge >= 0.3 is 18.0 Å². The van der Waals surface area contributed by atoms with Gasteiger partial charge in [0, 0.05) is 38.6 Å². The number of amides is 1. The van der Waals surface area contributed by atoms with Crippen LogP contribution in [0.15, 0.2) is 18.6 Å². The predicted molar refractivity (Wildman–Crippen MR) is 61.8 cm³/mol. The lowest BCUT2D eigenvalue weighted by molar-refractivity contribution is -0.274. The molecule has 10 heteroatoms. The van der Waals surface area contributed by atoms with Crippen molar-refractivity contribution in [1.29, 1.82) is 0 Å². The Hall–Kier alpha value is -2.00. The highest BCUT2D eigenvalue weighted by atomic mass is 19.4. The van der Waals surface area contributed by atoms with Crippen molar-refractivity contribution in [2.45, 2.75) is 12.1 Å². The Bertz CT molecular complexity index is 499. The molecule has 0 aliphatic carbocycles. The van der Waals surface area contributed by atoms with Gasteiger partial charge in [-0.25, -0.2) is 4.98 Å². The molecule has 1 aromatic heterocycles. The van der Waals surface area contributed by atoms with Gasteiger partial charge in [-0.3, -0.25) is 9.78 Å². The first kappa shape index (κ1) is 15.4. The van der Waals surface area contributed by atoms with Crippen LogP contribution in [0.2, 0.25) is 0 Å². The second kappa shape index (κ2) is 5.41. The van der Waals surface area contributed by atoms with Gasteiger partial charge in [-0.2, -0.15) is 22.0 Å². The Morgan fingerprint density at radius 3 is 2.14 bits per heavy atom. The summed E-state index contributed by atoms with van der Waals surface area (Å²) in [7, 11) is 0. The van der Waals surface area contributed by atoms with Crippen LogP contribution in [0.4, 0.5) is 27.8 Å². The summed E-state index contributed by atoms with van der Waals surface area (Å²) in [6.07, 6.45) is -1.55. The van der Waals surface area contributed by atoms with Crippen molar-refractivity contribution in [1.82, 2.24) is 14.9 Å². The smallest absolute Gasteiger partial charge is 0.352 e. The van der Waals surface area contributed by atoms with Gasteiger partial charge < -0.3 is 9.80 Å². The van der Waals surface area contributed by atoms with E-state index in [2.05, 4.69) is 9.97 Å². The van der Waals surface area contributed by atoms with Crippen molar-refractivity contribution in [3.05, 3.63) is 18.6 Å². The molecule has 1 aliphatic rings. The minimum atomic E-state index is -5.88. The number of carbonyl (C=O) groups excluding carboxylic acids is 1. The first-order valence-corrected chi connectivity index (χ1v) is 5.98. The molecule has 2 rings (SSSR count). The molecule has 0 saturated carbocycles. The van der Waals surface area contributed by atoms with Gasteiger partial charge in [0.15, 0.2) is 0 Å². The van der Waals surface area contributed by atoms with E-state index in [9.17, 15) is 26.7 Å². The molecule has 21 heavy (non-hydrogen) atoms. The molecule has 0 spiro atoms. The molecule has 2 heterocycles. The van der Waals surface area contributed by atoms with Crippen molar-refractivity contribution in [2.75, 3.05) is 31.1 Å². The van der Waals surface area contributed by atoms with E-state index in [1.54, 1.807) is 4.90 Å². The number of rotatable bonds is 2. The second-order valence-electron chi connectivity index (χ2n) is 4.42. The number of aromatic nitrogens is 2. The molecule has 0 N–H and O–H groups in total. The van der Waals surface area contributed by atoms with Crippen molar-refractivity contribution in [2.24, 2.45) is 0 Å². The normalized spacial score (nSPS) is 17.0. The van der Waals surface area contributed by atoms with Gasteiger partial charge in [0.2, 0.25) is 0 Å². The minimum Gasteiger partial charge on any atom is -0.352 e. The van der Waals surface area contributed by atoms with E-state index >= 15 is 0 Å². The molecule has 0 bridgehead atoms. The van der Waals surface area contributed by atoms with Gasteiger partial charge in [0.05, 0.1) is 6.20 Å². The third-order valence-electron chi connectivity index (χ3n) is 3.07. The highest BCUT2D eigenvalue weighted by Crippen LogP contribution is 2.37. The van der Waals surface area contributed by atoms with E-state index in [1.807, 2.05) is 0 Å². The van der Waals surface area contributed by atoms with Crippen LogP contribution in [0, 0.1) is 0 Å².